The lowest BCUT2D eigenvalue weighted by Gasteiger charge is -2.11. The molecule has 1 aromatic heterocycles. The first-order valence-electron chi connectivity index (χ1n) is 6.09. The molecule has 0 saturated carbocycles. The van der Waals surface area contributed by atoms with Gasteiger partial charge in [-0.1, -0.05) is 22.9 Å². The molecular weight excluding hydrogens is 412 g/mol. The summed E-state index contributed by atoms with van der Waals surface area (Å²) in [6.07, 6.45) is 2.20. The van der Waals surface area contributed by atoms with Crippen LogP contribution in [-0.2, 0) is 0 Å². The van der Waals surface area contributed by atoms with Gasteiger partial charge >= 0.3 is 0 Å². The van der Waals surface area contributed by atoms with Crippen molar-refractivity contribution in [1.82, 2.24) is 9.97 Å². The first-order valence-corrected chi connectivity index (χ1v) is 7.68. The van der Waals surface area contributed by atoms with Crippen molar-refractivity contribution in [3.8, 4) is 11.6 Å². The van der Waals surface area contributed by atoms with Crippen molar-refractivity contribution >= 4 is 37.7 Å². The van der Waals surface area contributed by atoms with Crippen molar-refractivity contribution in [2.24, 2.45) is 0 Å². The van der Waals surface area contributed by atoms with E-state index in [4.69, 9.17) is 4.74 Å². The fourth-order valence-electron chi connectivity index (χ4n) is 1.50. The average molecular weight is 423 g/mol. The molecule has 0 bridgehead atoms. The van der Waals surface area contributed by atoms with Gasteiger partial charge in [0.1, 0.15) is 16.6 Å². The fourth-order valence-corrected chi connectivity index (χ4v) is 2.34. The zero-order chi connectivity index (χ0) is 15.4. The van der Waals surface area contributed by atoms with Crippen LogP contribution in [0.15, 0.2) is 27.4 Å². The number of hydrogen-bond donors (Lipinski definition) is 1. The van der Waals surface area contributed by atoms with Gasteiger partial charge in [-0.05, 0) is 34.5 Å². The molecule has 1 N–H and O–H groups in total. The molecule has 21 heavy (non-hydrogen) atoms. The molecule has 1 heterocycles. The second-order valence-corrected chi connectivity index (χ2v) is 5.78. The first kappa shape index (κ1) is 16.1. The van der Waals surface area contributed by atoms with Gasteiger partial charge < -0.3 is 10.1 Å². The van der Waals surface area contributed by atoms with Gasteiger partial charge in [0.15, 0.2) is 11.6 Å². The van der Waals surface area contributed by atoms with E-state index in [9.17, 15) is 8.78 Å². The maximum atomic E-state index is 13.7. The number of nitrogens with zero attached hydrogens (tertiary/aromatic N) is 2. The fraction of sp³-hybridized carbons (Fsp3) is 0.231. The van der Waals surface area contributed by atoms with Gasteiger partial charge in [0, 0.05) is 11.0 Å². The van der Waals surface area contributed by atoms with E-state index in [1.165, 1.54) is 12.4 Å². The topological polar surface area (TPSA) is 47.0 Å². The molecule has 0 amide bonds. The van der Waals surface area contributed by atoms with Crippen LogP contribution in [0.5, 0.6) is 11.6 Å². The van der Waals surface area contributed by atoms with E-state index >= 15 is 0 Å². The highest BCUT2D eigenvalue weighted by Gasteiger charge is 2.16. The van der Waals surface area contributed by atoms with Crippen molar-refractivity contribution in [1.29, 1.82) is 0 Å². The summed E-state index contributed by atoms with van der Waals surface area (Å²) in [7, 11) is 0. The van der Waals surface area contributed by atoms with Crippen molar-refractivity contribution in [3.05, 3.63) is 39.0 Å². The van der Waals surface area contributed by atoms with Gasteiger partial charge in [0.25, 0.3) is 0 Å². The van der Waals surface area contributed by atoms with Crippen LogP contribution in [-0.4, -0.2) is 16.5 Å². The number of benzene rings is 1. The van der Waals surface area contributed by atoms with Gasteiger partial charge in [-0.25, -0.2) is 14.4 Å². The van der Waals surface area contributed by atoms with Crippen molar-refractivity contribution < 1.29 is 13.5 Å². The number of nitrogens with one attached hydrogen (secondary N) is 1. The number of halogens is 4. The highest BCUT2D eigenvalue weighted by molar-refractivity contribution is 9.11. The predicted molar refractivity (Wildman–Crippen MR) is 82.6 cm³/mol. The first-order chi connectivity index (χ1) is 10.0. The smallest absolute Gasteiger partial charge is 0.239 e. The molecule has 0 aliphatic carbocycles. The predicted octanol–water partition coefficient (Wildman–Crippen LogP) is 4.89. The maximum Gasteiger partial charge on any atom is 0.239 e. The monoisotopic (exact) mass is 421 g/mol. The summed E-state index contributed by atoms with van der Waals surface area (Å²) in [5.41, 5.74) is 0. The maximum absolute atomic E-state index is 13.7. The lowest BCUT2D eigenvalue weighted by molar-refractivity contribution is 0.402. The average Bonchev–Trinajstić information content (AvgIpc) is 2.45. The number of aromatic nitrogens is 2. The van der Waals surface area contributed by atoms with Crippen molar-refractivity contribution in [2.45, 2.75) is 13.3 Å². The van der Waals surface area contributed by atoms with E-state index in [1.807, 2.05) is 6.92 Å². The Balaban J connectivity index is 2.32. The van der Waals surface area contributed by atoms with Crippen LogP contribution < -0.4 is 10.1 Å². The summed E-state index contributed by atoms with van der Waals surface area (Å²) < 4.78 is 33.2. The molecule has 112 valence electrons. The molecule has 8 heteroatoms. The molecule has 0 unspecified atom stereocenters. The second kappa shape index (κ2) is 7.13. The van der Waals surface area contributed by atoms with Gasteiger partial charge in [-0.3, -0.25) is 0 Å². The third-order valence-electron chi connectivity index (χ3n) is 2.47. The van der Waals surface area contributed by atoms with Crippen LogP contribution in [0.25, 0.3) is 0 Å². The Hall–Kier alpha value is -1.28. The molecule has 0 radical (unpaired) electrons. The van der Waals surface area contributed by atoms with Crippen molar-refractivity contribution in [3.63, 3.8) is 0 Å². The Kier molecular flexibility index (Phi) is 5.46. The van der Waals surface area contributed by atoms with Crippen LogP contribution in [0.3, 0.4) is 0 Å². The van der Waals surface area contributed by atoms with Crippen LogP contribution in [0, 0.1) is 11.6 Å². The number of anilines is 1. The van der Waals surface area contributed by atoms with E-state index in [0.29, 0.717) is 14.8 Å². The van der Waals surface area contributed by atoms with Crippen LogP contribution in [0.1, 0.15) is 13.3 Å². The quantitative estimate of drug-likeness (QED) is 0.696. The summed E-state index contributed by atoms with van der Waals surface area (Å²) in [5.74, 6) is -1.72. The molecular formula is C13H11Br2F2N3O. The van der Waals surface area contributed by atoms with Crippen LogP contribution in [0.4, 0.5) is 14.6 Å². The molecule has 2 rings (SSSR count). The van der Waals surface area contributed by atoms with Crippen molar-refractivity contribution in [2.75, 3.05) is 11.9 Å². The summed E-state index contributed by atoms with van der Waals surface area (Å²) in [6, 6.07) is 2.34. The van der Waals surface area contributed by atoms with Gasteiger partial charge in [-0.2, -0.15) is 4.39 Å². The van der Waals surface area contributed by atoms with E-state index in [0.717, 1.165) is 19.0 Å². The third-order valence-corrected chi connectivity index (χ3v) is 3.64. The Morgan fingerprint density at radius 1 is 1.24 bits per heavy atom. The number of ether oxygens (including phenoxy) is 1. The molecule has 2 aromatic rings. The van der Waals surface area contributed by atoms with Crippen LogP contribution in [0.2, 0.25) is 0 Å². The number of rotatable bonds is 5. The Morgan fingerprint density at radius 2 is 2.00 bits per heavy atom. The third kappa shape index (κ3) is 3.88. The van der Waals surface area contributed by atoms with E-state index in [1.54, 1.807) is 0 Å². The zero-order valence-corrected chi connectivity index (χ0v) is 14.1. The van der Waals surface area contributed by atoms with Crippen LogP contribution >= 0.6 is 31.9 Å². The van der Waals surface area contributed by atoms with Gasteiger partial charge in [-0.15, -0.1) is 0 Å². The minimum atomic E-state index is -1.08. The molecule has 0 spiro atoms. The number of hydrogen-bond acceptors (Lipinski definition) is 4. The summed E-state index contributed by atoms with van der Waals surface area (Å²) in [6.45, 7) is 2.73. The van der Waals surface area contributed by atoms with E-state index in [-0.39, 0.29) is 11.6 Å². The van der Waals surface area contributed by atoms with Gasteiger partial charge in [0.2, 0.25) is 11.7 Å². The summed E-state index contributed by atoms with van der Waals surface area (Å²) in [4.78, 5) is 7.97. The summed E-state index contributed by atoms with van der Waals surface area (Å²) in [5, 5.41) is 3.07. The van der Waals surface area contributed by atoms with Gasteiger partial charge in [0.05, 0.1) is 0 Å². The molecule has 0 fully saturated rings. The molecule has 0 saturated heterocycles. The minimum Gasteiger partial charge on any atom is -0.434 e. The highest BCUT2D eigenvalue weighted by atomic mass is 79.9. The van der Waals surface area contributed by atoms with E-state index in [2.05, 4.69) is 47.1 Å². The second-order valence-electron chi connectivity index (χ2n) is 4.07. The SMILES string of the molecule is CCCNc1ncnc(Oc2cc(Br)cc(F)c2F)c1Br. The molecule has 4 nitrogen and oxygen atoms in total. The standard InChI is InChI=1S/C13H11Br2F2N3O/c1-2-3-18-12-10(15)13(20-6-19-12)21-9-5-7(14)4-8(16)11(9)17/h4-6H,2-3H2,1H3,(H,18,19,20). The van der Waals surface area contributed by atoms with E-state index < -0.39 is 11.6 Å². The molecule has 0 aliphatic rings. The highest BCUT2D eigenvalue weighted by Crippen LogP contribution is 2.34. The summed E-state index contributed by atoms with van der Waals surface area (Å²) >= 11 is 6.37. The molecule has 0 aliphatic heterocycles. The normalized spacial score (nSPS) is 10.5. The Morgan fingerprint density at radius 3 is 2.71 bits per heavy atom. The Bertz CT molecular complexity index is 656. The molecule has 1 aromatic carbocycles. The lowest BCUT2D eigenvalue weighted by atomic mass is 10.3. The largest absolute Gasteiger partial charge is 0.434 e. The Labute approximate surface area is 137 Å². The zero-order valence-electron chi connectivity index (χ0n) is 11.0. The molecule has 0 atom stereocenters. The lowest BCUT2D eigenvalue weighted by Crippen LogP contribution is -2.04. The minimum absolute atomic E-state index is 0.0972.